The molecular weight excluding hydrogens is 412 g/mol. The first-order valence-electron chi connectivity index (χ1n) is 11.9. The molecule has 8 nitrogen and oxygen atoms in total. The zero-order chi connectivity index (χ0) is 23.8. The van der Waals surface area contributed by atoms with Crippen LogP contribution in [0.3, 0.4) is 0 Å². The summed E-state index contributed by atoms with van der Waals surface area (Å²) in [5, 5.41) is 10.1. The molecule has 0 aromatic heterocycles. The fourth-order valence-corrected chi connectivity index (χ4v) is 6.18. The van der Waals surface area contributed by atoms with Gasteiger partial charge >= 0.3 is 5.97 Å². The first-order valence-corrected chi connectivity index (χ1v) is 11.9. The smallest absolute Gasteiger partial charge is 0.312 e. The zero-order valence-electron chi connectivity index (χ0n) is 20.0. The summed E-state index contributed by atoms with van der Waals surface area (Å²) in [5.74, 6) is -2.50. The average molecular weight is 451 g/mol. The van der Waals surface area contributed by atoms with Crippen molar-refractivity contribution in [3.05, 3.63) is 12.7 Å². The second kappa shape index (κ2) is 9.14. The number of likely N-dealkylation sites (tertiary alicyclic amines) is 1. The van der Waals surface area contributed by atoms with E-state index in [-0.39, 0.29) is 31.1 Å². The Morgan fingerprint density at radius 2 is 2.03 bits per heavy atom. The van der Waals surface area contributed by atoms with Crippen LogP contribution in [0, 0.1) is 11.8 Å². The van der Waals surface area contributed by atoms with Crippen molar-refractivity contribution in [2.45, 2.75) is 89.6 Å². The van der Waals surface area contributed by atoms with Gasteiger partial charge in [-0.05, 0) is 46.5 Å². The van der Waals surface area contributed by atoms with Crippen LogP contribution >= 0.6 is 0 Å². The number of hydrogen-bond donors (Lipinski definition) is 1. The van der Waals surface area contributed by atoms with Gasteiger partial charge in [-0.15, -0.1) is 6.58 Å². The topological polar surface area (TPSA) is 96.4 Å². The fraction of sp³-hybridized carbons (Fsp3) is 0.792. The summed E-state index contributed by atoms with van der Waals surface area (Å²) in [7, 11) is 0. The summed E-state index contributed by atoms with van der Waals surface area (Å²) >= 11 is 0. The second-order valence-corrected chi connectivity index (χ2v) is 9.45. The molecule has 0 aromatic rings. The van der Waals surface area contributed by atoms with E-state index >= 15 is 0 Å². The van der Waals surface area contributed by atoms with Gasteiger partial charge in [-0.2, -0.15) is 0 Å². The predicted octanol–water partition coefficient (Wildman–Crippen LogP) is 1.90. The van der Waals surface area contributed by atoms with E-state index in [1.54, 1.807) is 17.9 Å². The van der Waals surface area contributed by atoms with Gasteiger partial charge in [-0.25, -0.2) is 0 Å². The maximum absolute atomic E-state index is 14.0. The van der Waals surface area contributed by atoms with Crippen molar-refractivity contribution in [1.82, 2.24) is 9.80 Å². The minimum Gasteiger partial charge on any atom is -0.466 e. The Hall–Kier alpha value is -1.93. The van der Waals surface area contributed by atoms with Crippen molar-refractivity contribution in [3.63, 3.8) is 0 Å². The van der Waals surface area contributed by atoms with Gasteiger partial charge in [-0.1, -0.05) is 19.9 Å². The molecule has 3 aliphatic heterocycles. The number of rotatable bonds is 10. The van der Waals surface area contributed by atoms with E-state index in [4.69, 9.17) is 9.47 Å². The molecule has 8 heteroatoms. The number of aliphatic hydroxyl groups is 1. The van der Waals surface area contributed by atoms with Crippen molar-refractivity contribution in [1.29, 1.82) is 0 Å². The molecule has 180 valence electrons. The van der Waals surface area contributed by atoms with Gasteiger partial charge in [0.2, 0.25) is 11.8 Å². The van der Waals surface area contributed by atoms with Crippen molar-refractivity contribution in [2.75, 3.05) is 19.8 Å². The molecule has 0 aromatic carbocycles. The van der Waals surface area contributed by atoms with Crippen LogP contribution in [0.15, 0.2) is 12.7 Å². The minimum absolute atomic E-state index is 0.110. The number of aliphatic hydroxyl groups excluding tert-OH is 1. The summed E-state index contributed by atoms with van der Waals surface area (Å²) in [4.78, 5) is 44.2. The third-order valence-electron chi connectivity index (χ3n) is 7.70. The normalized spacial score (nSPS) is 34.0. The van der Waals surface area contributed by atoms with E-state index in [1.165, 1.54) is 4.90 Å². The van der Waals surface area contributed by atoms with Crippen LogP contribution in [0.1, 0.15) is 60.3 Å². The lowest BCUT2D eigenvalue weighted by atomic mass is 9.65. The van der Waals surface area contributed by atoms with Crippen LogP contribution in [0.4, 0.5) is 0 Å². The molecule has 1 N–H and O–H groups in total. The number of fused-ring (bicyclic) bond motifs is 1. The Morgan fingerprint density at radius 3 is 2.53 bits per heavy atom. The number of ether oxygens (including phenoxy) is 2. The minimum atomic E-state index is -1.10. The zero-order valence-corrected chi connectivity index (χ0v) is 20.0. The van der Waals surface area contributed by atoms with Crippen molar-refractivity contribution >= 4 is 17.8 Å². The van der Waals surface area contributed by atoms with E-state index in [9.17, 15) is 19.5 Å². The maximum atomic E-state index is 14.0. The van der Waals surface area contributed by atoms with Crippen molar-refractivity contribution in [2.24, 2.45) is 11.8 Å². The van der Waals surface area contributed by atoms with Gasteiger partial charge in [-0.3, -0.25) is 14.4 Å². The molecule has 3 aliphatic rings. The number of esters is 1. The Morgan fingerprint density at radius 1 is 1.34 bits per heavy atom. The van der Waals surface area contributed by atoms with Crippen molar-refractivity contribution in [3.8, 4) is 0 Å². The van der Waals surface area contributed by atoms with Crippen LogP contribution < -0.4 is 0 Å². The Balaban J connectivity index is 2.16. The second-order valence-electron chi connectivity index (χ2n) is 9.45. The first-order chi connectivity index (χ1) is 15.2. The standard InChI is InChI=1S/C24H38N2O6/c1-7-13-25(15(5)6)21(29)19-24-12-11-23(9-3,32-24)18(22(30)31-10-4)17(24)20(28)26(19)16(8-2)14-27/h7,15-19,27H,1,8-14H2,2-6H3/t16-,17-,18-,19?,23+,24?/m0/s1. The van der Waals surface area contributed by atoms with E-state index in [0.29, 0.717) is 32.2 Å². The number of amides is 2. The number of hydrogen-bond acceptors (Lipinski definition) is 6. The lowest BCUT2D eigenvalue weighted by Gasteiger charge is -2.40. The lowest BCUT2D eigenvalue weighted by Crippen LogP contribution is -2.59. The highest BCUT2D eigenvalue weighted by Crippen LogP contribution is 2.64. The Kier molecular flexibility index (Phi) is 7.05. The van der Waals surface area contributed by atoms with Crippen LogP contribution in [0.2, 0.25) is 0 Å². The van der Waals surface area contributed by atoms with E-state index < -0.39 is 41.1 Å². The third-order valence-corrected chi connectivity index (χ3v) is 7.70. The Bertz CT molecular complexity index is 766. The monoisotopic (exact) mass is 450 g/mol. The quantitative estimate of drug-likeness (QED) is 0.403. The van der Waals surface area contributed by atoms with Gasteiger partial charge in [0.15, 0.2) is 0 Å². The molecule has 2 bridgehead atoms. The van der Waals surface area contributed by atoms with Crippen LogP contribution in [0.25, 0.3) is 0 Å². The van der Waals surface area contributed by atoms with E-state index in [2.05, 4.69) is 6.58 Å². The summed E-state index contributed by atoms with van der Waals surface area (Å²) in [6.45, 7) is 13.5. The molecule has 0 saturated carbocycles. The van der Waals surface area contributed by atoms with E-state index in [1.807, 2.05) is 27.7 Å². The molecule has 3 rings (SSSR count). The highest BCUT2D eigenvalue weighted by Gasteiger charge is 2.79. The number of carbonyl (C=O) groups excluding carboxylic acids is 3. The first kappa shape index (κ1) is 24.7. The third kappa shape index (κ3) is 3.37. The molecule has 0 radical (unpaired) electrons. The summed E-state index contributed by atoms with van der Waals surface area (Å²) in [5.41, 5.74) is -1.91. The highest BCUT2D eigenvalue weighted by molar-refractivity contribution is 5.98. The molecule has 1 spiro atoms. The van der Waals surface area contributed by atoms with Crippen LogP contribution in [0.5, 0.6) is 0 Å². The van der Waals surface area contributed by atoms with Crippen molar-refractivity contribution < 1.29 is 29.0 Å². The number of carbonyl (C=O) groups is 3. The summed E-state index contributed by atoms with van der Waals surface area (Å²) < 4.78 is 12.0. The SMILES string of the molecule is C=CCN(C(=O)C1N([C@@H](CC)CO)C(=O)[C@@H]2[C@@H](C(=O)OCC)[C@@]3(CC)CCC12O3)C(C)C. The van der Waals surface area contributed by atoms with Crippen LogP contribution in [-0.4, -0.2) is 81.8 Å². The Labute approximate surface area is 190 Å². The average Bonchev–Trinajstić information content (AvgIpc) is 3.37. The number of nitrogens with zero attached hydrogens (tertiary/aromatic N) is 2. The molecule has 2 amide bonds. The highest BCUT2D eigenvalue weighted by atomic mass is 16.6. The molecule has 0 aliphatic carbocycles. The summed E-state index contributed by atoms with van der Waals surface area (Å²) in [6.07, 6.45) is 3.82. The largest absolute Gasteiger partial charge is 0.466 e. The fourth-order valence-electron chi connectivity index (χ4n) is 6.18. The maximum Gasteiger partial charge on any atom is 0.312 e. The van der Waals surface area contributed by atoms with Gasteiger partial charge in [0, 0.05) is 12.6 Å². The summed E-state index contributed by atoms with van der Waals surface area (Å²) in [6, 6.07) is -1.54. The molecule has 3 fully saturated rings. The van der Waals surface area contributed by atoms with Gasteiger partial charge in [0.25, 0.3) is 0 Å². The van der Waals surface area contributed by atoms with Gasteiger partial charge in [0.05, 0.1) is 30.8 Å². The van der Waals surface area contributed by atoms with Crippen LogP contribution in [-0.2, 0) is 23.9 Å². The predicted molar refractivity (Wildman–Crippen MR) is 119 cm³/mol. The van der Waals surface area contributed by atoms with E-state index in [0.717, 1.165) is 0 Å². The molecule has 3 saturated heterocycles. The molecular formula is C24H38N2O6. The lowest BCUT2D eigenvalue weighted by molar-refractivity contribution is -0.163. The van der Waals surface area contributed by atoms with Gasteiger partial charge in [0.1, 0.15) is 17.6 Å². The molecule has 2 unspecified atom stereocenters. The molecule has 6 atom stereocenters. The molecule has 3 heterocycles. The van der Waals surface area contributed by atoms with Gasteiger partial charge < -0.3 is 24.4 Å². The molecule has 32 heavy (non-hydrogen) atoms.